The van der Waals surface area contributed by atoms with Crippen molar-refractivity contribution in [1.29, 1.82) is 0 Å². The summed E-state index contributed by atoms with van der Waals surface area (Å²) in [4.78, 5) is 12.3. The summed E-state index contributed by atoms with van der Waals surface area (Å²) in [5.74, 6) is -1.43. The van der Waals surface area contributed by atoms with Gasteiger partial charge in [-0.15, -0.1) is 0 Å². The Morgan fingerprint density at radius 2 is 2.00 bits per heavy atom. The maximum Gasteiger partial charge on any atom is 0.406 e. The van der Waals surface area contributed by atoms with Crippen LogP contribution in [0.5, 0.6) is 0 Å². The lowest BCUT2D eigenvalue weighted by atomic mass is 10.1. The third-order valence-corrected chi connectivity index (χ3v) is 2.43. The van der Waals surface area contributed by atoms with Crippen molar-refractivity contribution >= 4 is 5.91 Å². The number of hydrogen-bond donors (Lipinski definition) is 1. The van der Waals surface area contributed by atoms with Gasteiger partial charge in [0.25, 0.3) is 5.91 Å². The Morgan fingerprint density at radius 1 is 1.37 bits per heavy atom. The van der Waals surface area contributed by atoms with Crippen LogP contribution in [0.1, 0.15) is 15.9 Å². The average molecular weight is 279 g/mol. The number of nitrogens with zero attached hydrogens (tertiary/aromatic N) is 1. The van der Waals surface area contributed by atoms with Gasteiger partial charge < -0.3 is 10.0 Å². The molecule has 106 valence electrons. The van der Waals surface area contributed by atoms with E-state index in [1.54, 1.807) is 0 Å². The van der Waals surface area contributed by atoms with Crippen molar-refractivity contribution in [3.63, 3.8) is 0 Å². The van der Waals surface area contributed by atoms with E-state index in [0.717, 1.165) is 12.1 Å². The van der Waals surface area contributed by atoms with E-state index in [-0.39, 0.29) is 11.1 Å². The Balaban J connectivity index is 2.95. The molecule has 1 N–H and O–H groups in total. The Bertz CT molecular complexity index is 460. The van der Waals surface area contributed by atoms with Crippen LogP contribution in [0.2, 0.25) is 0 Å². The van der Waals surface area contributed by atoms with E-state index in [0.29, 0.717) is 4.90 Å². The number of amides is 1. The van der Waals surface area contributed by atoms with Gasteiger partial charge in [0, 0.05) is 12.1 Å². The highest BCUT2D eigenvalue weighted by Crippen LogP contribution is 2.19. The minimum Gasteiger partial charge on any atom is -0.395 e. The van der Waals surface area contributed by atoms with Crippen molar-refractivity contribution in [2.45, 2.75) is 13.1 Å². The fraction of sp³-hybridized carbons (Fsp3) is 0.417. The SMILES string of the molecule is Cc1cc(C(=O)N(CCO)CC(F)(F)F)ccc1F. The van der Waals surface area contributed by atoms with Gasteiger partial charge in [-0.3, -0.25) is 4.79 Å². The molecule has 0 aliphatic rings. The summed E-state index contributed by atoms with van der Waals surface area (Å²) in [6.07, 6.45) is -4.56. The third-order valence-electron chi connectivity index (χ3n) is 2.43. The quantitative estimate of drug-likeness (QED) is 0.858. The maximum atomic E-state index is 13.0. The van der Waals surface area contributed by atoms with Crippen molar-refractivity contribution in [1.82, 2.24) is 4.90 Å². The molecule has 3 nitrogen and oxygen atoms in total. The molecule has 0 unspecified atom stereocenters. The summed E-state index contributed by atoms with van der Waals surface area (Å²) in [6, 6.07) is 3.32. The van der Waals surface area contributed by atoms with Crippen LogP contribution in [0.25, 0.3) is 0 Å². The lowest BCUT2D eigenvalue weighted by molar-refractivity contribution is -0.141. The first-order valence-corrected chi connectivity index (χ1v) is 5.47. The molecular formula is C12H13F4NO2. The summed E-state index contributed by atoms with van der Waals surface area (Å²) in [5.41, 5.74) is 0.124. The number of carbonyl (C=O) groups is 1. The molecule has 0 bridgehead atoms. The minimum atomic E-state index is -4.56. The molecule has 1 aromatic carbocycles. The van der Waals surface area contributed by atoms with Crippen molar-refractivity contribution in [2.75, 3.05) is 19.7 Å². The predicted molar refractivity (Wildman–Crippen MR) is 60.2 cm³/mol. The van der Waals surface area contributed by atoms with Gasteiger partial charge in [0.05, 0.1) is 6.61 Å². The number of halogens is 4. The number of hydrogen-bond acceptors (Lipinski definition) is 2. The normalized spacial score (nSPS) is 11.5. The first kappa shape index (κ1) is 15.4. The summed E-state index contributed by atoms with van der Waals surface area (Å²) in [6.45, 7) is -1.06. The van der Waals surface area contributed by atoms with Crippen LogP contribution in [-0.4, -0.2) is 41.8 Å². The monoisotopic (exact) mass is 279 g/mol. The van der Waals surface area contributed by atoms with Gasteiger partial charge >= 0.3 is 6.18 Å². The molecule has 0 spiro atoms. The Kier molecular flexibility index (Phi) is 4.88. The number of aliphatic hydroxyl groups is 1. The smallest absolute Gasteiger partial charge is 0.395 e. The molecule has 19 heavy (non-hydrogen) atoms. The van der Waals surface area contributed by atoms with Crippen LogP contribution in [0.3, 0.4) is 0 Å². The molecule has 0 aromatic heterocycles. The topological polar surface area (TPSA) is 40.5 Å². The molecule has 7 heteroatoms. The van der Waals surface area contributed by atoms with Gasteiger partial charge in [-0.25, -0.2) is 4.39 Å². The second-order valence-corrected chi connectivity index (χ2v) is 4.03. The van der Waals surface area contributed by atoms with Crippen LogP contribution in [0, 0.1) is 12.7 Å². The molecule has 0 aliphatic carbocycles. The second-order valence-electron chi connectivity index (χ2n) is 4.03. The molecule has 1 aromatic rings. The molecule has 0 saturated carbocycles. The highest BCUT2D eigenvalue weighted by Gasteiger charge is 2.33. The maximum absolute atomic E-state index is 13.0. The standard InChI is InChI=1S/C12H13F4NO2/c1-8-6-9(2-3-10(8)13)11(19)17(4-5-18)7-12(14,15)16/h2-3,6,18H,4-5,7H2,1H3. The van der Waals surface area contributed by atoms with Crippen LogP contribution < -0.4 is 0 Å². The molecule has 0 saturated heterocycles. The molecule has 1 rings (SSSR count). The number of rotatable bonds is 4. The van der Waals surface area contributed by atoms with Gasteiger partial charge in [-0.05, 0) is 30.7 Å². The fourth-order valence-corrected chi connectivity index (χ4v) is 1.55. The van der Waals surface area contributed by atoms with E-state index in [9.17, 15) is 22.4 Å². The van der Waals surface area contributed by atoms with Gasteiger partial charge in [0.1, 0.15) is 12.4 Å². The molecule has 0 heterocycles. The van der Waals surface area contributed by atoms with E-state index < -0.39 is 37.6 Å². The van der Waals surface area contributed by atoms with Crippen LogP contribution >= 0.6 is 0 Å². The molecule has 1 amide bonds. The zero-order valence-corrected chi connectivity index (χ0v) is 10.2. The van der Waals surface area contributed by atoms with E-state index in [1.807, 2.05) is 0 Å². The van der Waals surface area contributed by atoms with E-state index in [2.05, 4.69) is 0 Å². The number of aliphatic hydroxyl groups excluding tert-OH is 1. The second kappa shape index (κ2) is 6.01. The lowest BCUT2D eigenvalue weighted by Gasteiger charge is -2.23. The molecule has 0 atom stereocenters. The number of alkyl halides is 3. The van der Waals surface area contributed by atoms with Crippen LogP contribution in [0.4, 0.5) is 17.6 Å². The van der Waals surface area contributed by atoms with Gasteiger partial charge in [-0.1, -0.05) is 0 Å². The number of benzene rings is 1. The summed E-state index contributed by atoms with van der Waals surface area (Å²) in [7, 11) is 0. The first-order chi connectivity index (χ1) is 8.74. The fourth-order valence-electron chi connectivity index (χ4n) is 1.55. The first-order valence-electron chi connectivity index (χ1n) is 5.47. The Morgan fingerprint density at radius 3 is 2.47 bits per heavy atom. The van der Waals surface area contributed by atoms with Gasteiger partial charge in [0.2, 0.25) is 0 Å². The molecule has 0 radical (unpaired) electrons. The molecule has 0 fully saturated rings. The number of aryl methyl sites for hydroxylation is 1. The average Bonchev–Trinajstić information content (AvgIpc) is 2.29. The van der Waals surface area contributed by atoms with Crippen molar-refractivity contribution in [3.8, 4) is 0 Å². The highest BCUT2D eigenvalue weighted by atomic mass is 19.4. The minimum absolute atomic E-state index is 0.0448. The summed E-state index contributed by atoms with van der Waals surface area (Å²) < 4.78 is 50.0. The highest BCUT2D eigenvalue weighted by molar-refractivity contribution is 5.94. The summed E-state index contributed by atoms with van der Waals surface area (Å²) >= 11 is 0. The molecular weight excluding hydrogens is 266 g/mol. The van der Waals surface area contributed by atoms with Crippen LogP contribution in [0.15, 0.2) is 18.2 Å². The van der Waals surface area contributed by atoms with E-state index in [1.165, 1.54) is 13.0 Å². The molecule has 0 aliphatic heterocycles. The van der Waals surface area contributed by atoms with Crippen LogP contribution in [-0.2, 0) is 0 Å². The van der Waals surface area contributed by atoms with E-state index >= 15 is 0 Å². The third kappa shape index (κ3) is 4.51. The predicted octanol–water partition coefficient (Wildman–Crippen LogP) is 2.13. The largest absolute Gasteiger partial charge is 0.406 e. The lowest BCUT2D eigenvalue weighted by Crippen LogP contribution is -2.40. The zero-order valence-electron chi connectivity index (χ0n) is 10.2. The zero-order chi connectivity index (χ0) is 14.6. The van der Waals surface area contributed by atoms with E-state index in [4.69, 9.17) is 5.11 Å². The van der Waals surface area contributed by atoms with Gasteiger partial charge in [-0.2, -0.15) is 13.2 Å². The number of carbonyl (C=O) groups excluding carboxylic acids is 1. The Labute approximate surface area is 107 Å². The Hall–Kier alpha value is -1.63. The van der Waals surface area contributed by atoms with Crippen molar-refractivity contribution < 1.29 is 27.5 Å². The summed E-state index contributed by atoms with van der Waals surface area (Å²) in [5, 5.41) is 8.71. The van der Waals surface area contributed by atoms with Crippen molar-refractivity contribution in [3.05, 3.63) is 35.1 Å². The van der Waals surface area contributed by atoms with Crippen molar-refractivity contribution in [2.24, 2.45) is 0 Å². The van der Waals surface area contributed by atoms with Gasteiger partial charge in [0.15, 0.2) is 0 Å².